The van der Waals surface area contributed by atoms with E-state index in [4.69, 9.17) is 0 Å². The van der Waals surface area contributed by atoms with Gasteiger partial charge in [0.2, 0.25) is 0 Å². The maximum atomic E-state index is 14.6. The lowest BCUT2D eigenvalue weighted by atomic mass is 9.60. The molecule has 1 fully saturated rings. The van der Waals surface area contributed by atoms with Crippen LogP contribution in [0, 0.1) is 23.1 Å². The zero-order valence-corrected chi connectivity index (χ0v) is 17.1. The average Bonchev–Trinajstić information content (AvgIpc) is 2.69. The summed E-state index contributed by atoms with van der Waals surface area (Å²) in [6.07, 6.45) is 5.83. The van der Waals surface area contributed by atoms with Crippen molar-refractivity contribution in [1.29, 1.82) is 5.26 Å². The Labute approximate surface area is 169 Å². The molecule has 0 spiro atoms. The first-order valence-corrected chi connectivity index (χ1v) is 10.5. The van der Waals surface area contributed by atoms with Crippen molar-refractivity contribution < 1.29 is 4.39 Å². The molecule has 2 aromatic carbocycles. The van der Waals surface area contributed by atoms with Gasteiger partial charge in [-0.05, 0) is 63.6 Å². The zero-order valence-electron chi connectivity index (χ0n) is 17.1. The van der Waals surface area contributed by atoms with Crippen LogP contribution in [-0.2, 0) is 11.8 Å². The van der Waals surface area contributed by atoms with Gasteiger partial charge in [-0.1, -0.05) is 55.0 Å². The first-order valence-electron chi connectivity index (χ1n) is 10.5. The van der Waals surface area contributed by atoms with Crippen LogP contribution in [0.1, 0.15) is 50.2 Å². The highest BCUT2D eigenvalue weighted by Gasteiger charge is 2.45. The van der Waals surface area contributed by atoms with E-state index in [-0.39, 0.29) is 11.7 Å². The van der Waals surface area contributed by atoms with Gasteiger partial charge in [0.15, 0.2) is 0 Å². The van der Waals surface area contributed by atoms with Crippen molar-refractivity contribution in [1.82, 2.24) is 4.90 Å². The molecular weight excluding hydrogens is 347 g/mol. The largest absolute Gasteiger partial charge is 0.303 e. The van der Waals surface area contributed by atoms with Gasteiger partial charge in [0.05, 0.1) is 11.5 Å². The van der Waals surface area contributed by atoms with Crippen molar-refractivity contribution in [3.63, 3.8) is 0 Å². The fraction of sp³-hybridized carbons (Fsp3) is 0.480. The summed E-state index contributed by atoms with van der Waals surface area (Å²) in [5.74, 6) is 0.0391. The number of nitriles is 1. The molecule has 1 aliphatic rings. The summed E-state index contributed by atoms with van der Waals surface area (Å²) >= 11 is 0. The summed E-state index contributed by atoms with van der Waals surface area (Å²) in [5, 5.41) is 10.2. The van der Waals surface area contributed by atoms with Gasteiger partial charge in [-0.15, -0.1) is 0 Å². The van der Waals surface area contributed by atoms with Gasteiger partial charge >= 0.3 is 0 Å². The summed E-state index contributed by atoms with van der Waals surface area (Å²) in [5.41, 5.74) is 1.24. The van der Waals surface area contributed by atoms with Gasteiger partial charge in [0.1, 0.15) is 5.82 Å². The topological polar surface area (TPSA) is 27.0 Å². The molecule has 0 radical (unpaired) electrons. The third-order valence-electron chi connectivity index (χ3n) is 6.66. The number of rotatable bonds is 9. The van der Waals surface area contributed by atoms with E-state index in [2.05, 4.69) is 49.2 Å². The first kappa shape index (κ1) is 20.6. The number of hydrogen-bond acceptors (Lipinski definition) is 2. The van der Waals surface area contributed by atoms with E-state index < -0.39 is 5.41 Å². The SMILES string of the molecule is CC(CCC(C#N)(c1ccccc1F)C1CCC1)N(C)CCc1ccccc1. The molecule has 0 bridgehead atoms. The number of nitrogens with zero attached hydrogens (tertiary/aromatic N) is 2. The minimum atomic E-state index is -0.696. The first-order chi connectivity index (χ1) is 13.6. The molecule has 28 heavy (non-hydrogen) atoms. The van der Waals surface area contributed by atoms with E-state index in [9.17, 15) is 9.65 Å². The summed E-state index contributed by atoms with van der Waals surface area (Å²) < 4.78 is 14.6. The van der Waals surface area contributed by atoms with Gasteiger partial charge in [0.25, 0.3) is 0 Å². The third kappa shape index (κ3) is 4.45. The van der Waals surface area contributed by atoms with Crippen LogP contribution in [0.4, 0.5) is 4.39 Å². The van der Waals surface area contributed by atoms with Gasteiger partial charge in [-0.2, -0.15) is 5.26 Å². The van der Waals surface area contributed by atoms with Crippen molar-refractivity contribution in [3.05, 3.63) is 71.5 Å². The molecule has 2 aromatic rings. The van der Waals surface area contributed by atoms with E-state index in [1.54, 1.807) is 6.07 Å². The molecule has 0 aromatic heterocycles. The predicted molar refractivity (Wildman–Crippen MR) is 113 cm³/mol. The fourth-order valence-electron chi connectivity index (χ4n) is 4.32. The summed E-state index contributed by atoms with van der Waals surface area (Å²) in [4.78, 5) is 2.36. The smallest absolute Gasteiger partial charge is 0.128 e. The highest BCUT2D eigenvalue weighted by Crippen LogP contribution is 2.47. The Hall–Kier alpha value is -2.18. The van der Waals surface area contributed by atoms with Crippen molar-refractivity contribution in [2.24, 2.45) is 5.92 Å². The summed E-state index contributed by atoms with van der Waals surface area (Å²) in [7, 11) is 2.15. The molecule has 2 atom stereocenters. The van der Waals surface area contributed by atoms with Crippen molar-refractivity contribution in [3.8, 4) is 6.07 Å². The number of benzene rings is 2. The summed E-state index contributed by atoms with van der Waals surface area (Å²) in [6.45, 7) is 3.20. The van der Waals surface area contributed by atoms with Crippen molar-refractivity contribution >= 4 is 0 Å². The second-order valence-electron chi connectivity index (χ2n) is 8.29. The van der Waals surface area contributed by atoms with Crippen LogP contribution in [0.2, 0.25) is 0 Å². The molecule has 0 N–H and O–H groups in total. The molecule has 0 heterocycles. The van der Waals surface area contributed by atoms with E-state index in [0.29, 0.717) is 18.0 Å². The molecule has 1 saturated carbocycles. The van der Waals surface area contributed by atoms with Crippen LogP contribution in [0.25, 0.3) is 0 Å². The quantitative estimate of drug-likeness (QED) is 0.557. The minimum absolute atomic E-state index is 0.235. The highest BCUT2D eigenvalue weighted by molar-refractivity contribution is 5.35. The normalized spacial score (nSPS) is 17.5. The van der Waals surface area contributed by atoms with Gasteiger partial charge in [0, 0.05) is 18.2 Å². The Morgan fingerprint density at radius 1 is 1.14 bits per heavy atom. The third-order valence-corrected chi connectivity index (χ3v) is 6.66. The standard InChI is InChI=1S/C25H31FN2/c1-20(28(2)18-16-21-9-4-3-5-10-21)15-17-25(19-27,22-11-8-12-22)23-13-6-7-14-24(23)26/h3-7,9-10,13-14,20,22H,8,11-12,15-18H2,1-2H3. The van der Waals surface area contributed by atoms with Crippen molar-refractivity contribution in [2.75, 3.05) is 13.6 Å². The summed E-state index contributed by atoms with van der Waals surface area (Å²) in [6, 6.07) is 20.3. The Morgan fingerprint density at radius 3 is 2.43 bits per heavy atom. The second kappa shape index (κ2) is 9.34. The number of halogens is 1. The van der Waals surface area contributed by atoms with Crippen LogP contribution >= 0.6 is 0 Å². The number of hydrogen-bond donors (Lipinski definition) is 0. The lowest BCUT2D eigenvalue weighted by Crippen LogP contribution is -2.41. The van der Waals surface area contributed by atoms with Crippen LogP contribution in [0.5, 0.6) is 0 Å². The van der Waals surface area contributed by atoms with E-state index in [1.165, 1.54) is 11.6 Å². The number of likely N-dealkylation sites (N-methyl/N-ethyl adjacent to an activating group) is 1. The predicted octanol–water partition coefficient (Wildman–Crippen LogP) is 5.73. The lowest BCUT2D eigenvalue weighted by molar-refractivity contribution is 0.169. The van der Waals surface area contributed by atoms with Gasteiger partial charge in [-0.3, -0.25) is 0 Å². The molecule has 148 valence electrons. The molecule has 1 aliphatic carbocycles. The van der Waals surface area contributed by atoms with Crippen LogP contribution in [0.15, 0.2) is 54.6 Å². The Kier molecular flexibility index (Phi) is 6.86. The van der Waals surface area contributed by atoms with Crippen LogP contribution < -0.4 is 0 Å². The second-order valence-corrected chi connectivity index (χ2v) is 8.29. The molecule has 2 unspecified atom stereocenters. The molecule has 3 rings (SSSR count). The Morgan fingerprint density at radius 2 is 1.82 bits per heavy atom. The highest BCUT2D eigenvalue weighted by atomic mass is 19.1. The van der Waals surface area contributed by atoms with Crippen molar-refractivity contribution in [2.45, 2.75) is 56.9 Å². The minimum Gasteiger partial charge on any atom is -0.303 e. The lowest BCUT2D eigenvalue weighted by Gasteiger charge is -2.42. The molecular formula is C25H31FN2. The maximum Gasteiger partial charge on any atom is 0.128 e. The van der Waals surface area contributed by atoms with Gasteiger partial charge in [-0.25, -0.2) is 4.39 Å². The van der Waals surface area contributed by atoms with Crippen LogP contribution in [0.3, 0.4) is 0 Å². The van der Waals surface area contributed by atoms with E-state index in [1.807, 2.05) is 18.2 Å². The molecule has 0 aliphatic heterocycles. The molecule has 3 heteroatoms. The maximum absolute atomic E-state index is 14.6. The Bertz CT molecular complexity index is 794. The Balaban J connectivity index is 1.66. The van der Waals surface area contributed by atoms with E-state index in [0.717, 1.165) is 38.6 Å². The molecule has 2 nitrogen and oxygen atoms in total. The fourth-order valence-corrected chi connectivity index (χ4v) is 4.32. The van der Waals surface area contributed by atoms with Crippen LogP contribution in [-0.4, -0.2) is 24.5 Å². The zero-order chi connectivity index (χ0) is 20.0. The van der Waals surface area contributed by atoms with E-state index >= 15 is 0 Å². The van der Waals surface area contributed by atoms with Gasteiger partial charge < -0.3 is 4.90 Å². The average molecular weight is 379 g/mol. The monoisotopic (exact) mass is 378 g/mol. The molecule has 0 amide bonds. The molecule has 0 saturated heterocycles.